The smallest absolute Gasteiger partial charge is 0.205 e. The standard InChI is InChI=1S/C11H15N5/c1-3-16(4-2)15-14-11-9-7-5-6-8-10(9)12-13-11/h5-8H,3-4H2,1-2H3,(H,12,13). The second-order valence-electron chi connectivity index (χ2n) is 3.42. The molecule has 0 saturated heterocycles. The summed E-state index contributed by atoms with van der Waals surface area (Å²) < 4.78 is 0. The third-order valence-electron chi connectivity index (χ3n) is 2.45. The van der Waals surface area contributed by atoms with E-state index in [0.29, 0.717) is 5.82 Å². The van der Waals surface area contributed by atoms with Crippen LogP contribution in [0.5, 0.6) is 0 Å². The van der Waals surface area contributed by atoms with E-state index in [2.05, 4.69) is 20.5 Å². The molecule has 2 aromatic rings. The van der Waals surface area contributed by atoms with E-state index in [0.717, 1.165) is 24.0 Å². The lowest BCUT2D eigenvalue weighted by Crippen LogP contribution is -2.14. The van der Waals surface area contributed by atoms with Gasteiger partial charge >= 0.3 is 0 Å². The van der Waals surface area contributed by atoms with Crippen molar-refractivity contribution < 1.29 is 0 Å². The van der Waals surface area contributed by atoms with E-state index < -0.39 is 0 Å². The molecule has 5 nitrogen and oxygen atoms in total. The largest absolute Gasteiger partial charge is 0.279 e. The van der Waals surface area contributed by atoms with Crippen LogP contribution < -0.4 is 0 Å². The Bertz CT molecular complexity index is 484. The molecular weight excluding hydrogens is 202 g/mol. The van der Waals surface area contributed by atoms with Crippen LogP contribution in [0.15, 0.2) is 34.6 Å². The van der Waals surface area contributed by atoms with Gasteiger partial charge in [-0.25, -0.2) is 0 Å². The van der Waals surface area contributed by atoms with Gasteiger partial charge in [-0.15, -0.1) is 5.11 Å². The Morgan fingerprint density at radius 2 is 2.00 bits per heavy atom. The number of fused-ring (bicyclic) bond motifs is 1. The van der Waals surface area contributed by atoms with Crippen LogP contribution >= 0.6 is 0 Å². The highest BCUT2D eigenvalue weighted by Gasteiger charge is 2.03. The van der Waals surface area contributed by atoms with E-state index in [1.165, 1.54) is 0 Å². The molecule has 0 aliphatic rings. The minimum Gasteiger partial charge on any atom is -0.279 e. The summed E-state index contributed by atoms with van der Waals surface area (Å²) in [5, 5.41) is 18.2. The van der Waals surface area contributed by atoms with Crippen molar-refractivity contribution in [1.82, 2.24) is 15.2 Å². The van der Waals surface area contributed by atoms with Gasteiger partial charge in [0.2, 0.25) is 5.82 Å². The maximum Gasteiger partial charge on any atom is 0.205 e. The Hall–Kier alpha value is -1.91. The minimum atomic E-state index is 0.641. The van der Waals surface area contributed by atoms with E-state index in [1.807, 2.05) is 43.1 Å². The van der Waals surface area contributed by atoms with E-state index in [9.17, 15) is 0 Å². The first kappa shape index (κ1) is 10.6. The second-order valence-corrected chi connectivity index (χ2v) is 3.42. The van der Waals surface area contributed by atoms with Crippen LogP contribution in [-0.4, -0.2) is 28.3 Å². The first-order valence-corrected chi connectivity index (χ1v) is 5.44. The predicted octanol–water partition coefficient (Wildman–Crippen LogP) is 2.90. The van der Waals surface area contributed by atoms with E-state index in [-0.39, 0.29) is 0 Å². The SMILES string of the molecule is CCN(CC)N=Nc1n[nH]c2ccccc12. The van der Waals surface area contributed by atoms with Crippen molar-refractivity contribution in [2.75, 3.05) is 13.1 Å². The maximum atomic E-state index is 4.14. The van der Waals surface area contributed by atoms with Gasteiger partial charge in [-0.2, -0.15) is 5.10 Å². The number of hydrogen-bond donors (Lipinski definition) is 1. The molecule has 0 atom stereocenters. The molecule has 1 aromatic carbocycles. The molecule has 84 valence electrons. The molecule has 16 heavy (non-hydrogen) atoms. The number of hydrogen-bond acceptors (Lipinski definition) is 3. The van der Waals surface area contributed by atoms with Crippen molar-refractivity contribution >= 4 is 16.7 Å². The molecule has 1 aromatic heterocycles. The summed E-state index contributed by atoms with van der Waals surface area (Å²) in [5.41, 5.74) is 0.982. The van der Waals surface area contributed by atoms with Crippen molar-refractivity contribution in [2.45, 2.75) is 13.8 Å². The van der Waals surface area contributed by atoms with Crippen molar-refractivity contribution in [2.24, 2.45) is 10.3 Å². The summed E-state index contributed by atoms with van der Waals surface area (Å²) in [6, 6.07) is 7.88. The second kappa shape index (κ2) is 4.74. The van der Waals surface area contributed by atoms with Crippen molar-refractivity contribution in [3.63, 3.8) is 0 Å². The lowest BCUT2D eigenvalue weighted by Gasteiger charge is -2.10. The zero-order valence-electron chi connectivity index (χ0n) is 9.51. The Morgan fingerprint density at radius 3 is 2.75 bits per heavy atom. The van der Waals surface area contributed by atoms with E-state index in [1.54, 1.807) is 0 Å². The summed E-state index contributed by atoms with van der Waals surface area (Å²) in [4.78, 5) is 0. The zero-order valence-corrected chi connectivity index (χ0v) is 9.51. The third kappa shape index (κ3) is 2.03. The fourth-order valence-corrected chi connectivity index (χ4v) is 1.48. The van der Waals surface area contributed by atoms with Gasteiger partial charge in [0.05, 0.1) is 5.52 Å². The number of aromatic nitrogens is 2. The van der Waals surface area contributed by atoms with Crippen LogP contribution in [0.2, 0.25) is 0 Å². The molecule has 0 saturated carbocycles. The van der Waals surface area contributed by atoms with Crippen LogP contribution in [0.1, 0.15) is 13.8 Å². The molecular formula is C11H15N5. The van der Waals surface area contributed by atoms with Gasteiger partial charge in [-0.05, 0) is 26.0 Å². The van der Waals surface area contributed by atoms with E-state index >= 15 is 0 Å². The average molecular weight is 217 g/mol. The van der Waals surface area contributed by atoms with Gasteiger partial charge in [0.1, 0.15) is 0 Å². The van der Waals surface area contributed by atoms with Crippen LogP contribution in [0.25, 0.3) is 10.9 Å². The fourth-order valence-electron chi connectivity index (χ4n) is 1.48. The molecule has 0 radical (unpaired) electrons. The number of H-pyrrole nitrogens is 1. The monoisotopic (exact) mass is 217 g/mol. The fraction of sp³-hybridized carbons (Fsp3) is 0.364. The summed E-state index contributed by atoms with van der Waals surface area (Å²) in [7, 11) is 0. The number of nitrogens with one attached hydrogen (secondary N) is 1. The maximum absolute atomic E-state index is 4.14. The summed E-state index contributed by atoms with van der Waals surface area (Å²) in [6.07, 6.45) is 0. The average Bonchev–Trinajstić information content (AvgIpc) is 2.74. The number of rotatable bonds is 4. The zero-order chi connectivity index (χ0) is 11.4. The molecule has 0 aliphatic carbocycles. The van der Waals surface area contributed by atoms with Crippen LogP contribution in [0, 0.1) is 0 Å². The molecule has 0 amide bonds. The topological polar surface area (TPSA) is 56.6 Å². The Labute approximate surface area is 94.1 Å². The first-order chi connectivity index (χ1) is 7.85. The molecule has 1 N–H and O–H groups in total. The molecule has 0 bridgehead atoms. The highest BCUT2D eigenvalue weighted by atomic mass is 15.5. The number of aromatic amines is 1. The van der Waals surface area contributed by atoms with Crippen molar-refractivity contribution in [3.05, 3.63) is 24.3 Å². The Morgan fingerprint density at radius 1 is 1.25 bits per heavy atom. The van der Waals surface area contributed by atoms with Crippen molar-refractivity contribution in [1.29, 1.82) is 0 Å². The van der Waals surface area contributed by atoms with Gasteiger partial charge < -0.3 is 0 Å². The summed E-state index contributed by atoms with van der Waals surface area (Å²) >= 11 is 0. The van der Waals surface area contributed by atoms with Gasteiger partial charge in [-0.3, -0.25) is 10.1 Å². The normalized spacial score (nSPS) is 11.4. The number of para-hydroxylation sites is 1. The molecule has 0 fully saturated rings. The Kier molecular flexibility index (Phi) is 3.14. The summed E-state index contributed by atoms with van der Waals surface area (Å²) in [5.74, 6) is 0.641. The number of nitrogens with zero attached hydrogens (tertiary/aromatic N) is 4. The molecule has 2 rings (SSSR count). The minimum absolute atomic E-state index is 0.641. The van der Waals surface area contributed by atoms with Crippen LogP contribution in [0.3, 0.4) is 0 Å². The van der Waals surface area contributed by atoms with Gasteiger partial charge in [0.15, 0.2) is 0 Å². The highest BCUT2D eigenvalue weighted by molar-refractivity contribution is 5.87. The third-order valence-corrected chi connectivity index (χ3v) is 2.45. The molecule has 0 aliphatic heterocycles. The quantitative estimate of drug-likeness (QED) is 0.632. The lowest BCUT2D eigenvalue weighted by molar-refractivity contribution is 0.300. The molecule has 1 heterocycles. The highest BCUT2D eigenvalue weighted by Crippen LogP contribution is 2.22. The van der Waals surface area contributed by atoms with Gasteiger partial charge in [-0.1, -0.05) is 17.4 Å². The van der Waals surface area contributed by atoms with E-state index in [4.69, 9.17) is 0 Å². The van der Waals surface area contributed by atoms with Gasteiger partial charge in [0.25, 0.3) is 0 Å². The molecule has 5 heteroatoms. The van der Waals surface area contributed by atoms with Crippen LogP contribution in [0.4, 0.5) is 5.82 Å². The number of benzene rings is 1. The van der Waals surface area contributed by atoms with Gasteiger partial charge in [0, 0.05) is 18.5 Å². The van der Waals surface area contributed by atoms with Crippen LogP contribution in [-0.2, 0) is 0 Å². The summed E-state index contributed by atoms with van der Waals surface area (Å²) in [6.45, 7) is 5.79. The Balaban J connectivity index is 2.27. The first-order valence-electron chi connectivity index (χ1n) is 5.44. The predicted molar refractivity (Wildman–Crippen MR) is 63.5 cm³/mol. The van der Waals surface area contributed by atoms with Crippen molar-refractivity contribution in [3.8, 4) is 0 Å². The molecule has 0 unspecified atom stereocenters. The lowest BCUT2D eigenvalue weighted by atomic mass is 10.2. The molecule has 0 spiro atoms.